The fourth-order valence-electron chi connectivity index (χ4n) is 2.75. The first-order chi connectivity index (χ1) is 10.8. The molecule has 0 radical (unpaired) electrons. The van der Waals surface area contributed by atoms with Crippen molar-refractivity contribution in [3.8, 4) is 5.75 Å². The lowest BCUT2D eigenvalue weighted by Gasteiger charge is -2.27. The minimum absolute atomic E-state index is 0.0806. The molecule has 1 fully saturated rings. The quantitative estimate of drug-likeness (QED) is 0.674. The Morgan fingerprint density at radius 3 is 2.91 bits per heavy atom. The third kappa shape index (κ3) is 5.66. The molecule has 1 unspecified atom stereocenters. The zero-order valence-electron chi connectivity index (χ0n) is 13.4. The van der Waals surface area contributed by atoms with Gasteiger partial charge in [-0.2, -0.15) is 0 Å². The standard InChI is InChI=1S/C17H27N3O2/c1-2-11-20(15-8-9-18-13-15)14-17(21)19-10-12-22-16-6-4-3-5-7-16/h3-7,15,18H,2,8-14H2,1H3,(H,19,21). The number of carbonyl (C=O) groups excluding carboxylic acids is 1. The average Bonchev–Trinajstić information content (AvgIpc) is 3.06. The number of nitrogens with zero attached hydrogens (tertiary/aromatic N) is 1. The summed E-state index contributed by atoms with van der Waals surface area (Å²) in [5, 5.41) is 6.30. The van der Waals surface area contributed by atoms with E-state index in [0.29, 0.717) is 25.7 Å². The Labute approximate surface area is 133 Å². The van der Waals surface area contributed by atoms with E-state index in [1.54, 1.807) is 0 Å². The lowest BCUT2D eigenvalue weighted by Crippen LogP contribution is -2.44. The fourth-order valence-corrected chi connectivity index (χ4v) is 2.75. The Bertz CT molecular complexity index is 433. The van der Waals surface area contributed by atoms with Gasteiger partial charge in [-0.15, -0.1) is 0 Å². The summed E-state index contributed by atoms with van der Waals surface area (Å²) in [4.78, 5) is 14.4. The normalized spacial score (nSPS) is 17.6. The molecule has 0 aliphatic carbocycles. The molecule has 1 saturated heterocycles. The number of amides is 1. The van der Waals surface area contributed by atoms with Crippen LogP contribution in [0.2, 0.25) is 0 Å². The van der Waals surface area contributed by atoms with Crippen LogP contribution in [0.4, 0.5) is 0 Å². The number of carbonyl (C=O) groups is 1. The second-order valence-electron chi connectivity index (χ2n) is 5.63. The lowest BCUT2D eigenvalue weighted by atomic mass is 10.2. The Balaban J connectivity index is 1.65. The largest absolute Gasteiger partial charge is 0.492 e. The van der Waals surface area contributed by atoms with Crippen molar-refractivity contribution < 1.29 is 9.53 Å². The maximum absolute atomic E-state index is 12.1. The van der Waals surface area contributed by atoms with E-state index in [-0.39, 0.29) is 5.91 Å². The molecule has 0 saturated carbocycles. The Morgan fingerprint density at radius 2 is 2.23 bits per heavy atom. The third-order valence-corrected chi connectivity index (χ3v) is 3.84. The Morgan fingerprint density at radius 1 is 1.41 bits per heavy atom. The SMILES string of the molecule is CCCN(CC(=O)NCCOc1ccccc1)C1CCNC1. The molecule has 1 aromatic carbocycles. The molecular weight excluding hydrogens is 278 g/mol. The van der Waals surface area contributed by atoms with E-state index >= 15 is 0 Å². The van der Waals surface area contributed by atoms with Gasteiger partial charge in [-0.1, -0.05) is 25.1 Å². The van der Waals surface area contributed by atoms with E-state index in [1.807, 2.05) is 30.3 Å². The van der Waals surface area contributed by atoms with Crippen molar-refractivity contribution in [3.05, 3.63) is 30.3 Å². The highest BCUT2D eigenvalue weighted by Gasteiger charge is 2.23. The number of hydrogen-bond donors (Lipinski definition) is 2. The predicted octanol–water partition coefficient (Wildman–Crippen LogP) is 1.26. The van der Waals surface area contributed by atoms with Crippen LogP contribution in [0.5, 0.6) is 5.75 Å². The topological polar surface area (TPSA) is 53.6 Å². The van der Waals surface area contributed by atoms with Gasteiger partial charge in [-0.3, -0.25) is 9.69 Å². The van der Waals surface area contributed by atoms with Gasteiger partial charge < -0.3 is 15.4 Å². The third-order valence-electron chi connectivity index (χ3n) is 3.84. The fraction of sp³-hybridized carbons (Fsp3) is 0.588. The molecule has 122 valence electrons. The zero-order valence-corrected chi connectivity index (χ0v) is 13.4. The van der Waals surface area contributed by atoms with Crippen LogP contribution < -0.4 is 15.4 Å². The van der Waals surface area contributed by atoms with E-state index in [9.17, 15) is 4.79 Å². The number of hydrogen-bond acceptors (Lipinski definition) is 4. The molecule has 1 aliphatic rings. The summed E-state index contributed by atoms with van der Waals surface area (Å²) in [6.45, 7) is 6.68. The lowest BCUT2D eigenvalue weighted by molar-refractivity contribution is -0.122. The van der Waals surface area contributed by atoms with Crippen LogP contribution in [-0.4, -0.2) is 56.2 Å². The maximum atomic E-state index is 12.1. The monoisotopic (exact) mass is 305 g/mol. The summed E-state index contributed by atoms with van der Waals surface area (Å²) in [7, 11) is 0. The number of nitrogens with one attached hydrogen (secondary N) is 2. The van der Waals surface area contributed by atoms with Gasteiger partial charge in [0.1, 0.15) is 12.4 Å². The van der Waals surface area contributed by atoms with Crippen LogP contribution >= 0.6 is 0 Å². The molecule has 1 amide bonds. The number of para-hydroxylation sites is 1. The van der Waals surface area contributed by atoms with E-state index in [0.717, 1.165) is 38.2 Å². The van der Waals surface area contributed by atoms with Crippen molar-refractivity contribution in [2.75, 3.05) is 39.3 Å². The molecule has 1 heterocycles. The van der Waals surface area contributed by atoms with Gasteiger partial charge >= 0.3 is 0 Å². The smallest absolute Gasteiger partial charge is 0.234 e. The summed E-state index contributed by atoms with van der Waals surface area (Å²) in [5.74, 6) is 0.915. The molecule has 2 rings (SSSR count). The van der Waals surface area contributed by atoms with Crippen molar-refractivity contribution in [2.45, 2.75) is 25.8 Å². The second-order valence-corrected chi connectivity index (χ2v) is 5.63. The highest BCUT2D eigenvalue weighted by atomic mass is 16.5. The minimum Gasteiger partial charge on any atom is -0.492 e. The molecule has 1 atom stereocenters. The van der Waals surface area contributed by atoms with Crippen molar-refractivity contribution in [3.63, 3.8) is 0 Å². The van der Waals surface area contributed by atoms with Gasteiger partial charge in [0.15, 0.2) is 0 Å². The van der Waals surface area contributed by atoms with Gasteiger partial charge in [0.05, 0.1) is 13.1 Å². The Kier molecular flexibility index (Phi) is 7.19. The first-order valence-corrected chi connectivity index (χ1v) is 8.19. The highest BCUT2D eigenvalue weighted by Crippen LogP contribution is 2.09. The van der Waals surface area contributed by atoms with Crippen molar-refractivity contribution in [1.82, 2.24) is 15.5 Å². The molecule has 0 spiro atoms. The van der Waals surface area contributed by atoms with Gasteiger partial charge in [0.2, 0.25) is 5.91 Å². The molecule has 2 N–H and O–H groups in total. The highest BCUT2D eigenvalue weighted by molar-refractivity contribution is 5.78. The van der Waals surface area contributed by atoms with Crippen LogP contribution in [-0.2, 0) is 4.79 Å². The zero-order chi connectivity index (χ0) is 15.6. The summed E-state index contributed by atoms with van der Waals surface area (Å²) in [6, 6.07) is 10.1. The second kappa shape index (κ2) is 9.43. The summed E-state index contributed by atoms with van der Waals surface area (Å²) in [5.41, 5.74) is 0. The van der Waals surface area contributed by atoms with Crippen LogP contribution in [0, 0.1) is 0 Å². The van der Waals surface area contributed by atoms with Gasteiger partial charge in [0.25, 0.3) is 0 Å². The molecule has 22 heavy (non-hydrogen) atoms. The summed E-state index contributed by atoms with van der Waals surface area (Å²) < 4.78 is 5.57. The van der Waals surface area contributed by atoms with E-state index < -0.39 is 0 Å². The van der Waals surface area contributed by atoms with Crippen LogP contribution in [0.1, 0.15) is 19.8 Å². The number of benzene rings is 1. The molecule has 5 nitrogen and oxygen atoms in total. The van der Waals surface area contributed by atoms with Crippen LogP contribution in [0.3, 0.4) is 0 Å². The molecule has 0 bridgehead atoms. The minimum atomic E-state index is 0.0806. The van der Waals surface area contributed by atoms with Crippen molar-refractivity contribution in [2.24, 2.45) is 0 Å². The van der Waals surface area contributed by atoms with E-state index in [2.05, 4.69) is 22.5 Å². The van der Waals surface area contributed by atoms with E-state index in [1.165, 1.54) is 0 Å². The first-order valence-electron chi connectivity index (χ1n) is 8.19. The molecule has 0 aromatic heterocycles. The average molecular weight is 305 g/mol. The molecule has 5 heteroatoms. The van der Waals surface area contributed by atoms with E-state index in [4.69, 9.17) is 4.74 Å². The molecule has 1 aliphatic heterocycles. The van der Waals surface area contributed by atoms with Gasteiger partial charge in [-0.25, -0.2) is 0 Å². The first kappa shape index (κ1) is 16.8. The molecular formula is C17H27N3O2. The van der Waals surface area contributed by atoms with Crippen LogP contribution in [0.15, 0.2) is 30.3 Å². The number of ether oxygens (including phenoxy) is 1. The summed E-state index contributed by atoms with van der Waals surface area (Å²) >= 11 is 0. The number of rotatable bonds is 9. The summed E-state index contributed by atoms with van der Waals surface area (Å²) in [6.07, 6.45) is 2.20. The van der Waals surface area contributed by atoms with Crippen molar-refractivity contribution in [1.29, 1.82) is 0 Å². The van der Waals surface area contributed by atoms with Gasteiger partial charge in [-0.05, 0) is 38.1 Å². The predicted molar refractivity (Wildman–Crippen MR) is 88.1 cm³/mol. The van der Waals surface area contributed by atoms with Crippen LogP contribution in [0.25, 0.3) is 0 Å². The van der Waals surface area contributed by atoms with Gasteiger partial charge in [0, 0.05) is 12.6 Å². The van der Waals surface area contributed by atoms with Crippen molar-refractivity contribution >= 4 is 5.91 Å². The molecule has 1 aromatic rings. The Hall–Kier alpha value is -1.59. The maximum Gasteiger partial charge on any atom is 0.234 e.